The summed E-state index contributed by atoms with van der Waals surface area (Å²) in [5.74, 6) is -0.0498. The molecule has 0 saturated carbocycles. The van der Waals surface area contributed by atoms with Gasteiger partial charge >= 0.3 is 5.97 Å². The molecule has 3 aliphatic rings. The van der Waals surface area contributed by atoms with E-state index in [1.165, 1.54) is 5.57 Å². The van der Waals surface area contributed by atoms with Gasteiger partial charge in [0.15, 0.2) is 5.78 Å². The summed E-state index contributed by atoms with van der Waals surface area (Å²) in [5, 5.41) is 0. The molecule has 90 valence electrons. The monoisotopic (exact) mass is 232 g/mol. The van der Waals surface area contributed by atoms with Crippen LogP contribution in [0.2, 0.25) is 0 Å². The summed E-state index contributed by atoms with van der Waals surface area (Å²) in [6.07, 6.45) is 6.04. The van der Waals surface area contributed by atoms with E-state index in [1.54, 1.807) is 0 Å². The second kappa shape index (κ2) is 3.56. The van der Waals surface area contributed by atoms with Crippen LogP contribution >= 0.6 is 0 Å². The van der Waals surface area contributed by atoms with Crippen molar-refractivity contribution in [2.75, 3.05) is 6.61 Å². The summed E-state index contributed by atoms with van der Waals surface area (Å²) in [5.41, 5.74) is 2.25. The number of carbonyl (C=O) groups is 2. The summed E-state index contributed by atoms with van der Waals surface area (Å²) in [7, 11) is 0. The van der Waals surface area contributed by atoms with Crippen LogP contribution in [0.1, 0.15) is 39.0 Å². The minimum Gasteiger partial charge on any atom is -0.465 e. The number of ether oxygens (including phenoxy) is 1. The molecule has 0 aromatic heterocycles. The molecule has 3 rings (SSSR count). The maximum absolute atomic E-state index is 12.2. The van der Waals surface area contributed by atoms with Crippen molar-refractivity contribution < 1.29 is 14.3 Å². The number of rotatable bonds is 0. The number of allylic oxidation sites excluding steroid dienone is 2. The van der Waals surface area contributed by atoms with Crippen LogP contribution < -0.4 is 0 Å². The Morgan fingerprint density at radius 2 is 2.12 bits per heavy atom. The van der Waals surface area contributed by atoms with Gasteiger partial charge < -0.3 is 4.74 Å². The Balaban J connectivity index is 2.19. The third kappa shape index (κ3) is 1.28. The fraction of sp³-hybridized carbons (Fsp3) is 0.571. The Morgan fingerprint density at radius 3 is 2.82 bits per heavy atom. The van der Waals surface area contributed by atoms with Crippen molar-refractivity contribution >= 4 is 11.8 Å². The highest BCUT2D eigenvalue weighted by molar-refractivity contribution is 6.06. The van der Waals surface area contributed by atoms with E-state index in [9.17, 15) is 9.59 Å². The van der Waals surface area contributed by atoms with Crippen molar-refractivity contribution in [2.24, 2.45) is 5.41 Å². The average molecular weight is 232 g/mol. The standard InChI is InChI=1S/C14H16O3/c1-9-5-6-10-3-2-4-11(15)12(10)14(9)7-8-17-13(14)16/h5H,2-4,6-8H2,1H3. The van der Waals surface area contributed by atoms with Gasteiger partial charge in [0.1, 0.15) is 5.41 Å². The molecule has 3 nitrogen and oxygen atoms in total. The number of Topliss-reactive ketones (excluding diaryl/α,β-unsaturated/α-hetero) is 1. The zero-order valence-corrected chi connectivity index (χ0v) is 10.0. The third-order valence-corrected chi connectivity index (χ3v) is 4.33. The summed E-state index contributed by atoms with van der Waals surface area (Å²) < 4.78 is 5.15. The summed E-state index contributed by atoms with van der Waals surface area (Å²) in [6.45, 7) is 2.40. The molecule has 17 heavy (non-hydrogen) atoms. The molecule has 0 radical (unpaired) electrons. The molecular formula is C14H16O3. The number of esters is 1. The Morgan fingerprint density at radius 1 is 1.29 bits per heavy atom. The highest BCUT2D eigenvalue weighted by Crippen LogP contribution is 2.51. The Hall–Kier alpha value is -1.38. The van der Waals surface area contributed by atoms with Gasteiger partial charge in [-0.05, 0) is 26.2 Å². The largest absolute Gasteiger partial charge is 0.465 e. The van der Waals surface area contributed by atoms with Crippen LogP contribution in [0.15, 0.2) is 22.8 Å². The zero-order valence-electron chi connectivity index (χ0n) is 10.0. The van der Waals surface area contributed by atoms with E-state index in [4.69, 9.17) is 4.74 Å². The second-order valence-electron chi connectivity index (χ2n) is 5.14. The Kier molecular flexibility index (Phi) is 2.25. The van der Waals surface area contributed by atoms with Crippen LogP contribution in [0, 0.1) is 5.41 Å². The lowest BCUT2D eigenvalue weighted by molar-refractivity contribution is -0.144. The highest BCUT2D eigenvalue weighted by Gasteiger charge is 2.53. The van der Waals surface area contributed by atoms with Crippen molar-refractivity contribution in [1.82, 2.24) is 0 Å². The molecule has 0 aromatic carbocycles. The molecule has 1 saturated heterocycles. The van der Waals surface area contributed by atoms with Gasteiger partial charge in [-0.3, -0.25) is 9.59 Å². The Labute approximate surface area is 101 Å². The molecule has 1 unspecified atom stereocenters. The zero-order chi connectivity index (χ0) is 12.0. The lowest BCUT2D eigenvalue weighted by Crippen LogP contribution is -2.38. The summed E-state index contributed by atoms with van der Waals surface area (Å²) in [4.78, 5) is 24.3. The molecular weight excluding hydrogens is 216 g/mol. The van der Waals surface area contributed by atoms with Crippen LogP contribution in [0.25, 0.3) is 0 Å². The fourth-order valence-electron chi connectivity index (χ4n) is 3.41. The molecule has 0 N–H and O–H groups in total. The second-order valence-corrected chi connectivity index (χ2v) is 5.14. The molecule has 1 aliphatic heterocycles. The Bertz CT molecular complexity index is 470. The number of cyclic esters (lactones) is 1. The minimum absolute atomic E-state index is 0.164. The summed E-state index contributed by atoms with van der Waals surface area (Å²) >= 11 is 0. The van der Waals surface area contributed by atoms with Gasteiger partial charge in [0.05, 0.1) is 6.61 Å². The van der Waals surface area contributed by atoms with Gasteiger partial charge in [0.2, 0.25) is 0 Å². The first-order valence-electron chi connectivity index (χ1n) is 6.26. The first kappa shape index (κ1) is 10.8. The number of fused-ring (bicyclic) bond motifs is 1. The third-order valence-electron chi connectivity index (χ3n) is 4.33. The molecule has 0 amide bonds. The van der Waals surface area contributed by atoms with Crippen LogP contribution in [-0.2, 0) is 14.3 Å². The van der Waals surface area contributed by atoms with Gasteiger partial charge in [-0.25, -0.2) is 0 Å². The number of carbonyl (C=O) groups excluding carboxylic acids is 2. The average Bonchev–Trinajstić information content (AvgIpc) is 2.67. The smallest absolute Gasteiger partial charge is 0.320 e. The molecule has 1 atom stereocenters. The van der Waals surface area contributed by atoms with Crippen molar-refractivity contribution in [3.05, 3.63) is 22.8 Å². The molecule has 1 spiro atoms. The van der Waals surface area contributed by atoms with Crippen LogP contribution in [0.5, 0.6) is 0 Å². The molecule has 0 bridgehead atoms. The highest BCUT2D eigenvalue weighted by atomic mass is 16.5. The minimum atomic E-state index is -0.717. The van der Waals surface area contributed by atoms with Gasteiger partial charge in [-0.15, -0.1) is 0 Å². The predicted molar refractivity (Wildman–Crippen MR) is 62.3 cm³/mol. The van der Waals surface area contributed by atoms with E-state index in [2.05, 4.69) is 6.08 Å². The number of hydrogen-bond donors (Lipinski definition) is 0. The number of ketones is 1. The molecule has 1 heterocycles. The van der Waals surface area contributed by atoms with E-state index >= 15 is 0 Å². The number of hydrogen-bond acceptors (Lipinski definition) is 3. The lowest BCUT2D eigenvalue weighted by atomic mass is 9.64. The lowest BCUT2D eigenvalue weighted by Gasteiger charge is -2.36. The van der Waals surface area contributed by atoms with E-state index in [0.29, 0.717) is 19.4 Å². The van der Waals surface area contributed by atoms with Crippen molar-refractivity contribution in [1.29, 1.82) is 0 Å². The van der Waals surface area contributed by atoms with E-state index in [1.807, 2.05) is 6.92 Å². The van der Waals surface area contributed by atoms with Crippen LogP contribution in [0.3, 0.4) is 0 Å². The van der Waals surface area contributed by atoms with Gasteiger partial charge in [0.25, 0.3) is 0 Å². The van der Waals surface area contributed by atoms with Crippen molar-refractivity contribution in [2.45, 2.75) is 39.0 Å². The van der Waals surface area contributed by atoms with Crippen molar-refractivity contribution in [3.8, 4) is 0 Å². The molecule has 2 aliphatic carbocycles. The fourth-order valence-corrected chi connectivity index (χ4v) is 3.41. The first-order chi connectivity index (χ1) is 8.16. The quantitative estimate of drug-likeness (QED) is 0.475. The van der Waals surface area contributed by atoms with E-state index < -0.39 is 5.41 Å². The SMILES string of the molecule is CC1=CCC2=C(C(=O)CCC2)C12CCOC2=O. The van der Waals surface area contributed by atoms with Gasteiger partial charge in [0, 0.05) is 18.4 Å². The van der Waals surface area contributed by atoms with Crippen LogP contribution in [-0.4, -0.2) is 18.4 Å². The topological polar surface area (TPSA) is 43.4 Å². The molecule has 1 fully saturated rings. The van der Waals surface area contributed by atoms with E-state index in [-0.39, 0.29) is 11.8 Å². The maximum Gasteiger partial charge on any atom is 0.320 e. The van der Waals surface area contributed by atoms with Crippen molar-refractivity contribution in [3.63, 3.8) is 0 Å². The van der Waals surface area contributed by atoms with E-state index in [0.717, 1.165) is 30.4 Å². The predicted octanol–water partition coefficient (Wildman–Crippen LogP) is 2.32. The van der Waals surface area contributed by atoms with Gasteiger partial charge in [-0.1, -0.05) is 17.2 Å². The van der Waals surface area contributed by atoms with Gasteiger partial charge in [-0.2, -0.15) is 0 Å². The molecule has 0 aromatic rings. The van der Waals surface area contributed by atoms with Crippen LogP contribution in [0.4, 0.5) is 0 Å². The normalized spacial score (nSPS) is 32.6. The maximum atomic E-state index is 12.2. The first-order valence-corrected chi connectivity index (χ1v) is 6.26. The summed E-state index contributed by atoms with van der Waals surface area (Å²) in [6, 6.07) is 0. The molecule has 3 heteroatoms.